The van der Waals surface area contributed by atoms with Crippen LogP contribution in [0.4, 0.5) is 11.4 Å². The fraction of sp³-hybridized carbons (Fsp3) is 0.250. The smallest absolute Gasteiger partial charge is 0.0568 e. The number of benzene rings is 1. The Labute approximate surface area is 95.3 Å². The molecule has 0 spiro atoms. The van der Waals surface area contributed by atoms with Gasteiger partial charge in [0.25, 0.3) is 0 Å². The Morgan fingerprint density at radius 1 is 1.31 bits per heavy atom. The van der Waals surface area contributed by atoms with Crippen LogP contribution in [-0.4, -0.2) is 23.9 Å². The van der Waals surface area contributed by atoms with Crippen LogP contribution in [0.15, 0.2) is 30.6 Å². The largest absolute Gasteiger partial charge is 0.398 e. The molecule has 2 rings (SSSR count). The van der Waals surface area contributed by atoms with E-state index in [1.54, 1.807) is 4.68 Å². The molecular formula is C12H16N4. The van der Waals surface area contributed by atoms with Crippen LogP contribution in [0.1, 0.15) is 0 Å². The van der Waals surface area contributed by atoms with Crippen molar-refractivity contribution in [2.24, 2.45) is 7.05 Å². The minimum atomic E-state index is 0.776. The first-order chi connectivity index (χ1) is 7.58. The molecule has 0 amide bonds. The highest BCUT2D eigenvalue weighted by Crippen LogP contribution is 2.29. The Kier molecular flexibility index (Phi) is 2.56. The number of hydrogen-bond acceptors (Lipinski definition) is 3. The first-order valence-electron chi connectivity index (χ1n) is 5.14. The van der Waals surface area contributed by atoms with E-state index in [-0.39, 0.29) is 0 Å². The lowest BCUT2D eigenvalue weighted by Crippen LogP contribution is -2.08. The van der Waals surface area contributed by atoms with Crippen LogP contribution >= 0.6 is 0 Å². The second kappa shape index (κ2) is 3.89. The summed E-state index contributed by atoms with van der Waals surface area (Å²) in [5.74, 6) is 0. The van der Waals surface area contributed by atoms with Crippen molar-refractivity contribution in [3.63, 3.8) is 0 Å². The summed E-state index contributed by atoms with van der Waals surface area (Å²) in [6.07, 6.45) is 3.79. The quantitative estimate of drug-likeness (QED) is 0.778. The number of aryl methyl sites for hydroxylation is 1. The molecule has 1 aromatic heterocycles. The van der Waals surface area contributed by atoms with E-state index in [0.717, 1.165) is 22.5 Å². The molecule has 0 saturated carbocycles. The number of hydrogen-bond donors (Lipinski definition) is 1. The van der Waals surface area contributed by atoms with Crippen LogP contribution in [-0.2, 0) is 7.05 Å². The van der Waals surface area contributed by atoms with Crippen LogP contribution in [0.5, 0.6) is 0 Å². The lowest BCUT2D eigenvalue weighted by Gasteiger charge is -2.14. The standard InChI is InChI=1S/C12H16N4/c1-15(2)10-4-5-12(13)11(6-10)9-7-14-16(3)8-9/h4-8H,13H2,1-3H3. The van der Waals surface area contributed by atoms with Crippen molar-refractivity contribution in [1.82, 2.24) is 9.78 Å². The second-order valence-electron chi connectivity index (χ2n) is 4.07. The van der Waals surface area contributed by atoms with Crippen molar-refractivity contribution >= 4 is 11.4 Å². The van der Waals surface area contributed by atoms with E-state index in [1.165, 1.54) is 0 Å². The van der Waals surface area contributed by atoms with Gasteiger partial charge in [0.1, 0.15) is 0 Å². The molecule has 4 heteroatoms. The topological polar surface area (TPSA) is 47.1 Å². The second-order valence-corrected chi connectivity index (χ2v) is 4.07. The van der Waals surface area contributed by atoms with Gasteiger partial charge in [-0.15, -0.1) is 0 Å². The molecule has 2 N–H and O–H groups in total. The zero-order valence-corrected chi connectivity index (χ0v) is 9.81. The van der Waals surface area contributed by atoms with E-state index in [9.17, 15) is 0 Å². The van der Waals surface area contributed by atoms with E-state index in [1.807, 2.05) is 45.7 Å². The Balaban J connectivity index is 2.51. The van der Waals surface area contributed by atoms with E-state index in [0.29, 0.717) is 0 Å². The molecule has 84 valence electrons. The molecule has 1 heterocycles. The molecular weight excluding hydrogens is 200 g/mol. The highest BCUT2D eigenvalue weighted by Gasteiger charge is 2.06. The molecule has 0 aliphatic carbocycles. The maximum atomic E-state index is 5.98. The van der Waals surface area contributed by atoms with Gasteiger partial charge < -0.3 is 10.6 Å². The van der Waals surface area contributed by atoms with Gasteiger partial charge in [-0.2, -0.15) is 5.10 Å². The Hall–Kier alpha value is -1.97. The minimum Gasteiger partial charge on any atom is -0.398 e. The molecule has 2 aromatic rings. The summed E-state index contributed by atoms with van der Waals surface area (Å²) in [4.78, 5) is 2.05. The van der Waals surface area contributed by atoms with Crippen LogP contribution < -0.4 is 10.6 Å². The molecule has 0 unspecified atom stereocenters. The van der Waals surface area contributed by atoms with E-state index < -0.39 is 0 Å². The molecule has 0 radical (unpaired) electrons. The maximum absolute atomic E-state index is 5.98. The third-order valence-electron chi connectivity index (χ3n) is 2.57. The maximum Gasteiger partial charge on any atom is 0.0568 e. The van der Waals surface area contributed by atoms with Crippen molar-refractivity contribution in [3.8, 4) is 11.1 Å². The van der Waals surface area contributed by atoms with Crippen molar-refractivity contribution in [1.29, 1.82) is 0 Å². The zero-order chi connectivity index (χ0) is 11.7. The number of aromatic nitrogens is 2. The monoisotopic (exact) mass is 216 g/mol. The first-order valence-corrected chi connectivity index (χ1v) is 5.14. The SMILES string of the molecule is CN(C)c1ccc(N)c(-c2cnn(C)c2)c1. The van der Waals surface area contributed by atoms with Gasteiger partial charge >= 0.3 is 0 Å². The van der Waals surface area contributed by atoms with Crippen LogP contribution in [0.25, 0.3) is 11.1 Å². The predicted octanol–water partition coefficient (Wildman–Crippen LogP) is 1.74. The summed E-state index contributed by atoms with van der Waals surface area (Å²) in [5, 5.41) is 4.16. The third kappa shape index (κ3) is 1.86. The number of rotatable bonds is 2. The summed E-state index contributed by atoms with van der Waals surface area (Å²) < 4.78 is 1.77. The molecule has 0 bridgehead atoms. The molecule has 0 fully saturated rings. The van der Waals surface area contributed by atoms with Crippen LogP contribution in [0.3, 0.4) is 0 Å². The van der Waals surface area contributed by atoms with Crippen molar-refractivity contribution in [2.75, 3.05) is 24.7 Å². The van der Waals surface area contributed by atoms with Gasteiger partial charge in [0, 0.05) is 49.8 Å². The van der Waals surface area contributed by atoms with Crippen molar-refractivity contribution < 1.29 is 0 Å². The molecule has 1 aromatic carbocycles. The number of nitrogens with two attached hydrogens (primary N) is 1. The Morgan fingerprint density at radius 2 is 2.06 bits per heavy atom. The number of anilines is 2. The Morgan fingerprint density at radius 3 is 2.62 bits per heavy atom. The average Bonchev–Trinajstić information content (AvgIpc) is 2.65. The van der Waals surface area contributed by atoms with E-state index in [4.69, 9.17) is 5.73 Å². The van der Waals surface area contributed by atoms with Gasteiger partial charge in [0.05, 0.1) is 6.20 Å². The van der Waals surface area contributed by atoms with Gasteiger partial charge in [0.15, 0.2) is 0 Å². The average molecular weight is 216 g/mol. The predicted molar refractivity (Wildman–Crippen MR) is 67.4 cm³/mol. The summed E-state index contributed by atoms with van der Waals surface area (Å²) in [7, 11) is 5.92. The Bertz CT molecular complexity index is 499. The lowest BCUT2D eigenvalue weighted by molar-refractivity contribution is 0.768. The van der Waals surface area contributed by atoms with Crippen LogP contribution in [0, 0.1) is 0 Å². The normalized spacial score (nSPS) is 10.4. The van der Waals surface area contributed by atoms with E-state index in [2.05, 4.69) is 16.1 Å². The lowest BCUT2D eigenvalue weighted by atomic mass is 10.1. The number of nitrogens with zero attached hydrogens (tertiary/aromatic N) is 3. The summed E-state index contributed by atoms with van der Waals surface area (Å²) in [6.45, 7) is 0. The summed E-state index contributed by atoms with van der Waals surface area (Å²) in [5.41, 5.74) is 9.96. The molecule has 0 aliphatic rings. The molecule has 0 atom stereocenters. The van der Waals surface area contributed by atoms with Gasteiger partial charge in [-0.3, -0.25) is 4.68 Å². The fourth-order valence-electron chi connectivity index (χ4n) is 1.63. The molecule has 0 saturated heterocycles. The minimum absolute atomic E-state index is 0.776. The van der Waals surface area contributed by atoms with Gasteiger partial charge in [-0.1, -0.05) is 0 Å². The summed E-state index contributed by atoms with van der Waals surface area (Å²) >= 11 is 0. The highest BCUT2D eigenvalue weighted by atomic mass is 15.2. The van der Waals surface area contributed by atoms with Crippen LogP contribution in [0.2, 0.25) is 0 Å². The fourth-order valence-corrected chi connectivity index (χ4v) is 1.63. The van der Waals surface area contributed by atoms with Gasteiger partial charge in [-0.05, 0) is 18.2 Å². The third-order valence-corrected chi connectivity index (χ3v) is 2.57. The van der Waals surface area contributed by atoms with Crippen molar-refractivity contribution in [2.45, 2.75) is 0 Å². The van der Waals surface area contributed by atoms with Gasteiger partial charge in [0.2, 0.25) is 0 Å². The summed E-state index contributed by atoms with van der Waals surface area (Å²) in [6, 6.07) is 6.01. The van der Waals surface area contributed by atoms with E-state index >= 15 is 0 Å². The zero-order valence-electron chi connectivity index (χ0n) is 9.81. The number of nitrogen functional groups attached to an aromatic ring is 1. The molecule has 16 heavy (non-hydrogen) atoms. The van der Waals surface area contributed by atoms with Crippen molar-refractivity contribution in [3.05, 3.63) is 30.6 Å². The first kappa shape index (κ1) is 10.5. The molecule has 4 nitrogen and oxygen atoms in total. The molecule has 0 aliphatic heterocycles. The highest BCUT2D eigenvalue weighted by molar-refractivity contribution is 5.79. The van der Waals surface area contributed by atoms with Gasteiger partial charge in [-0.25, -0.2) is 0 Å².